The summed E-state index contributed by atoms with van der Waals surface area (Å²) < 4.78 is 25.3. The summed E-state index contributed by atoms with van der Waals surface area (Å²) in [5.41, 5.74) is 0. The lowest BCUT2D eigenvalue weighted by Gasteiger charge is -2.31. The number of rotatable bonds is 12. The van der Waals surface area contributed by atoms with E-state index in [4.69, 9.17) is 35.3 Å². The minimum atomic E-state index is -1.20. The molecule has 10 heteroatoms. The largest absolute Gasteiger partial charge is 0.463 e. The highest BCUT2D eigenvalue weighted by molar-refractivity contribution is 6.17. The quantitative estimate of drug-likeness (QED) is 0.166. The van der Waals surface area contributed by atoms with E-state index in [-0.39, 0.29) is 25.9 Å². The maximum atomic E-state index is 11.3. The Labute approximate surface area is 145 Å². The second kappa shape index (κ2) is 12.9. The molecule has 24 heavy (non-hydrogen) atoms. The van der Waals surface area contributed by atoms with Gasteiger partial charge < -0.3 is 28.8 Å². The molecular formula is C14H23ClO9. The number of hydrogen-bond donors (Lipinski definition) is 1. The lowest BCUT2D eigenvalue weighted by molar-refractivity contribution is -0.200. The highest BCUT2D eigenvalue weighted by atomic mass is 35.5. The average Bonchev–Trinajstić information content (AvgIpc) is 2.49. The van der Waals surface area contributed by atoms with Gasteiger partial charge in [-0.25, -0.2) is 0 Å². The van der Waals surface area contributed by atoms with E-state index in [1.807, 2.05) is 0 Å². The average molecular weight is 371 g/mol. The molecule has 0 aliphatic carbocycles. The molecule has 0 spiro atoms. The van der Waals surface area contributed by atoms with Crippen LogP contribution in [-0.4, -0.2) is 73.8 Å². The second-order valence-electron chi connectivity index (χ2n) is 4.63. The summed E-state index contributed by atoms with van der Waals surface area (Å²) in [6, 6.07) is 0. The standard InChI is InChI=1S/C14H23ClO9/c1-9(17)21-7-13(22-8-20-5-4-15)14(24-11(3)19)12(6-16)23-10(2)18/h12-14,16H,4-8H2,1-3H3. The summed E-state index contributed by atoms with van der Waals surface area (Å²) in [7, 11) is 0. The molecule has 0 bridgehead atoms. The zero-order chi connectivity index (χ0) is 18.5. The molecule has 0 aliphatic heterocycles. The van der Waals surface area contributed by atoms with E-state index in [0.717, 1.165) is 13.8 Å². The number of hydrogen-bond acceptors (Lipinski definition) is 9. The number of carbonyl (C=O) groups is 3. The first-order valence-electron chi connectivity index (χ1n) is 7.15. The van der Waals surface area contributed by atoms with Crippen molar-refractivity contribution < 1.29 is 43.2 Å². The van der Waals surface area contributed by atoms with Crippen molar-refractivity contribution in [2.24, 2.45) is 0 Å². The molecule has 140 valence electrons. The van der Waals surface area contributed by atoms with Gasteiger partial charge in [-0.2, -0.15) is 0 Å². The molecule has 0 aromatic rings. The molecule has 0 rings (SSSR count). The maximum Gasteiger partial charge on any atom is 0.303 e. The molecule has 0 saturated heterocycles. The molecule has 0 amide bonds. The number of carbonyl (C=O) groups excluding carboxylic acids is 3. The van der Waals surface area contributed by atoms with Gasteiger partial charge in [-0.15, -0.1) is 11.6 Å². The van der Waals surface area contributed by atoms with Gasteiger partial charge in [-0.3, -0.25) is 14.4 Å². The van der Waals surface area contributed by atoms with Crippen LogP contribution in [0.5, 0.6) is 0 Å². The fraction of sp³-hybridized carbons (Fsp3) is 0.786. The summed E-state index contributed by atoms with van der Waals surface area (Å²) in [5.74, 6) is -1.71. The van der Waals surface area contributed by atoms with Gasteiger partial charge in [0.2, 0.25) is 0 Å². The van der Waals surface area contributed by atoms with Gasteiger partial charge in [0.25, 0.3) is 0 Å². The van der Waals surface area contributed by atoms with Crippen LogP contribution in [-0.2, 0) is 38.1 Å². The van der Waals surface area contributed by atoms with E-state index in [0.29, 0.717) is 0 Å². The SMILES string of the molecule is CC(=O)OCC(OCOCCCl)C(OC(C)=O)C(CO)OC(C)=O. The first-order chi connectivity index (χ1) is 11.3. The van der Waals surface area contributed by atoms with Crippen molar-refractivity contribution in [3.05, 3.63) is 0 Å². The van der Waals surface area contributed by atoms with Crippen LogP contribution in [0.15, 0.2) is 0 Å². The zero-order valence-corrected chi connectivity index (χ0v) is 14.6. The first-order valence-corrected chi connectivity index (χ1v) is 7.69. The number of halogens is 1. The Morgan fingerprint density at radius 3 is 2.08 bits per heavy atom. The third-order valence-corrected chi connectivity index (χ3v) is 2.72. The number of aliphatic hydroxyl groups excluding tert-OH is 1. The third-order valence-electron chi connectivity index (χ3n) is 2.57. The van der Waals surface area contributed by atoms with Crippen molar-refractivity contribution in [1.82, 2.24) is 0 Å². The van der Waals surface area contributed by atoms with Gasteiger partial charge in [0.05, 0.1) is 13.2 Å². The lowest BCUT2D eigenvalue weighted by atomic mass is 10.1. The molecule has 3 atom stereocenters. The van der Waals surface area contributed by atoms with Gasteiger partial charge in [-0.05, 0) is 0 Å². The Bertz CT molecular complexity index is 402. The van der Waals surface area contributed by atoms with Crippen LogP contribution in [0.25, 0.3) is 0 Å². The molecule has 0 aromatic heterocycles. The number of aliphatic hydroxyl groups is 1. The van der Waals surface area contributed by atoms with Gasteiger partial charge in [0, 0.05) is 26.7 Å². The van der Waals surface area contributed by atoms with E-state index in [9.17, 15) is 19.5 Å². The van der Waals surface area contributed by atoms with Crippen LogP contribution in [0.3, 0.4) is 0 Å². The molecular weight excluding hydrogens is 348 g/mol. The number of ether oxygens (including phenoxy) is 5. The highest BCUT2D eigenvalue weighted by Crippen LogP contribution is 2.14. The van der Waals surface area contributed by atoms with Crippen LogP contribution in [0.2, 0.25) is 0 Å². The van der Waals surface area contributed by atoms with E-state index < -0.39 is 42.8 Å². The maximum absolute atomic E-state index is 11.3. The van der Waals surface area contributed by atoms with E-state index in [1.165, 1.54) is 6.92 Å². The molecule has 0 fully saturated rings. The van der Waals surface area contributed by atoms with Gasteiger partial charge in [0.1, 0.15) is 19.5 Å². The van der Waals surface area contributed by atoms with Gasteiger partial charge in [0.15, 0.2) is 12.2 Å². The van der Waals surface area contributed by atoms with Gasteiger partial charge >= 0.3 is 17.9 Å². The van der Waals surface area contributed by atoms with Crippen LogP contribution in [0, 0.1) is 0 Å². The van der Waals surface area contributed by atoms with Crippen molar-refractivity contribution >= 4 is 29.5 Å². The zero-order valence-electron chi connectivity index (χ0n) is 13.9. The monoisotopic (exact) mass is 370 g/mol. The van der Waals surface area contributed by atoms with Crippen LogP contribution in [0.4, 0.5) is 0 Å². The molecule has 0 radical (unpaired) electrons. The molecule has 0 aromatic carbocycles. The summed E-state index contributed by atoms with van der Waals surface area (Å²) in [5, 5.41) is 9.41. The summed E-state index contributed by atoms with van der Waals surface area (Å²) in [6.45, 7) is 2.54. The van der Waals surface area contributed by atoms with Crippen LogP contribution >= 0.6 is 11.6 Å². The Balaban J connectivity index is 5.13. The third kappa shape index (κ3) is 10.4. The Morgan fingerprint density at radius 1 is 1.00 bits per heavy atom. The van der Waals surface area contributed by atoms with Gasteiger partial charge in [-0.1, -0.05) is 0 Å². The Hall–Kier alpha value is -1.42. The van der Waals surface area contributed by atoms with Crippen molar-refractivity contribution in [2.45, 2.75) is 39.1 Å². The summed E-state index contributed by atoms with van der Waals surface area (Å²) >= 11 is 5.47. The van der Waals surface area contributed by atoms with Crippen LogP contribution in [0.1, 0.15) is 20.8 Å². The predicted octanol–water partition coefficient (Wildman–Crippen LogP) is 0.00330. The minimum absolute atomic E-state index is 0.216. The number of esters is 3. The van der Waals surface area contributed by atoms with E-state index in [2.05, 4.69) is 0 Å². The molecule has 0 heterocycles. The van der Waals surface area contributed by atoms with Crippen molar-refractivity contribution in [3.63, 3.8) is 0 Å². The highest BCUT2D eigenvalue weighted by Gasteiger charge is 2.36. The second-order valence-corrected chi connectivity index (χ2v) is 5.01. The van der Waals surface area contributed by atoms with E-state index >= 15 is 0 Å². The molecule has 0 saturated carbocycles. The van der Waals surface area contributed by atoms with Crippen molar-refractivity contribution in [3.8, 4) is 0 Å². The van der Waals surface area contributed by atoms with Crippen LogP contribution < -0.4 is 0 Å². The minimum Gasteiger partial charge on any atom is -0.463 e. The normalized spacial score (nSPS) is 14.4. The van der Waals surface area contributed by atoms with Crippen molar-refractivity contribution in [2.75, 3.05) is 32.5 Å². The molecule has 9 nitrogen and oxygen atoms in total. The number of alkyl halides is 1. The Morgan fingerprint density at radius 2 is 1.62 bits per heavy atom. The first kappa shape index (κ1) is 22.6. The topological polar surface area (TPSA) is 118 Å². The summed E-state index contributed by atoms with van der Waals surface area (Å²) in [6.07, 6.45) is -3.42. The van der Waals surface area contributed by atoms with E-state index in [1.54, 1.807) is 0 Å². The smallest absolute Gasteiger partial charge is 0.303 e. The summed E-state index contributed by atoms with van der Waals surface area (Å²) in [4.78, 5) is 33.5. The fourth-order valence-electron chi connectivity index (χ4n) is 1.69. The molecule has 0 aliphatic rings. The fourth-order valence-corrected chi connectivity index (χ4v) is 1.80. The predicted molar refractivity (Wildman–Crippen MR) is 81.2 cm³/mol. The lowest BCUT2D eigenvalue weighted by Crippen LogP contribution is -2.48. The molecule has 3 unspecified atom stereocenters. The van der Waals surface area contributed by atoms with Crippen molar-refractivity contribution in [1.29, 1.82) is 0 Å². The Kier molecular flexibility index (Phi) is 12.2. The molecule has 1 N–H and O–H groups in total.